The largest absolute Gasteiger partial charge is 0.470 e. The van der Waals surface area contributed by atoms with E-state index in [1.807, 2.05) is 6.55 Å². The molecule has 0 saturated carbocycles. The first-order valence-electron chi connectivity index (χ1n) is 21.8. The maximum absolute atomic E-state index is 9.77. The first kappa shape index (κ1) is 56.3. The maximum Gasteiger partial charge on any atom is 0.470 e. The average Bonchev–Trinajstić information content (AvgIpc) is 3.01. The van der Waals surface area contributed by atoms with E-state index in [-0.39, 0.29) is 23.2 Å². The number of unbranched alkanes of at least 4 members (excludes halogenated alkanes) is 12. The van der Waals surface area contributed by atoms with E-state index in [1.54, 1.807) is 0 Å². The second kappa shape index (κ2) is 28.0. The summed E-state index contributed by atoms with van der Waals surface area (Å²) in [6, 6.07) is 2.61. The molecule has 0 aromatic heterocycles. The first-order chi connectivity index (χ1) is 25.3. The van der Waals surface area contributed by atoms with Crippen molar-refractivity contribution in [1.82, 2.24) is 0 Å². The summed E-state index contributed by atoms with van der Waals surface area (Å²) in [6.45, 7) is 33.2. The molecule has 55 heavy (non-hydrogen) atoms. The number of hydrogen-bond donors (Lipinski definition) is 2. The third-order valence-electron chi connectivity index (χ3n) is 8.94. The molecular formula is C37H90O10Si8. The van der Waals surface area contributed by atoms with E-state index in [0.717, 1.165) is 37.8 Å². The molecule has 0 aliphatic rings. The highest BCUT2D eigenvalue weighted by Crippen LogP contribution is 2.33. The molecule has 2 N–H and O–H groups in total. The number of aliphatic hydroxyl groups excluding tert-OH is 2. The summed E-state index contributed by atoms with van der Waals surface area (Å²) in [5, 5.41) is 19.0. The fourth-order valence-electron chi connectivity index (χ4n) is 6.94. The standard InChI is InChI=1S/C37H90O10Si8/c1-16-18-20-21-22-23-24-25-26-27-28-29-33-54(14,45-52(11,12)43-49(3,4)5)47-55(15,42-48-41-51(9,10)32-19-17-2)46-53(13,44-50(6,7)8)34-30-31-40-36-37(39)35-38/h37-39H,16-36H2,1-15H3. The Kier molecular flexibility index (Phi) is 28.7. The second-order valence-electron chi connectivity index (χ2n) is 19.1. The Morgan fingerprint density at radius 1 is 0.491 bits per heavy atom. The van der Waals surface area contributed by atoms with Crippen LogP contribution in [0, 0.1) is 0 Å². The Morgan fingerprint density at radius 3 is 1.42 bits per heavy atom. The Bertz CT molecular complexity index is 975. The lowest BCUT2D eigenvalue weighted by Gasteiger charge is -2.45. The van der Waals surface area contributed by atoms with E-state index in [4.69, 9.17) is 33.5 Å². The Hall–Kier alpha value is 1.34. The average molecular weight is 920 g/mol. The van der Waals surface area contributed by atoms with Gasteiger partial charge in [-0.3, -0.25) is 0 Å². The predicted octanol–water partition coefficient (Wildman–Crippen LogP) is 11.2. The van der Waals surface area contributed by atoms with Gasteiger partial charge in [0.25, 0.3) is 0 Å². The van der Waals surface area contributed by atoms with Gasteiger partial charge in [0.2, 0.25) is 0 Å². The van der Waals surface area contributed by atoms with Gasteiger partial charge in [0.05, 0.1) is 13.2 Å². The van der Waals surface area contributed by atoms with Gasteiger partial charge in [0, 0.05) is 13.2 Å². The van der Waals surface area contributed by atoms with Crippen LogP contribution >= 0.6 is 0 Å². The minimum atomic E-state index is -3.43. The Labute approximate surface area is 350 Å². The molecule has 0 heterocycles. The molecule has 0 bridgehead atoms. The number of hydrogen-bond acceptors (Lipinski definition) is 10. The third kappa shape index (κ3) is 31.8. The van der Waals surface area contributed by atoms with Gasteiger partial charge in [-0.05, 0) is 103 Å². The molecular weight excluding hydrogens is 829 g/mol. The summed E-state index contributed by atoms with van der Waals surface area (Å²) in [7, 11) is -17.9. The molecule has 0 aromatic carbocycles. The molecule has 2 radical (unpaired) electrons. The van der Waals surface area contributed by atoms with Crippen molar-refractivity contribution in [3.63, 3.8) is 0 Å². The molecule has 0 amide bonds. The third-order valence-corrected chi connectivity index (χ3v) is 36.1. The number of aliphatic hydroxyl groups is 2. The van der Waals surface area contributed by atoms with Gasteiger partial charge in [0.15, 0.2) is 25.0 Å². The molecule has 0 aromatic rings. The maximum atomic E-state index is 9.77. The molecule has 0 aliphatic heterocycles. The fourth-order valence-corrected chi connectivity index (χ4v) is 38.7. The van der Waals surface area contributed by atoms with Crippen LogP contribution in [-0.2, 0) is 33.5 Å². The smallest absolute Gasteiger partial charge is 0.437 e. The monoisotopic (exact) mass is 918 g/mol. The summed E-state index contributed by atoms with van der Waals surface area (Å²) < 4.78 is 54.5. The van der Waals surface area contributed by atoms with Crippen LogP contribution in [0.5, 0.6) is 0 Å². The Balaban J connectivity index is 6.26. The zero-order chi connectivity index (χ0) is 42.3. The molecule has 0 spiro atoms. The lowest BCUT2D eigenvalue weighted by molar-refractivity contribution is 0.00621. The molecule has 10 nitrogen and oxygen atoms in total. The topological polar surface area (TPSA) is 114 Å². The second-order valence-corrected chi connectivity index (χ2v) is 47.5. The van der Waals surface area contributed by atoms with E-state index in [2.05, 4.69) is 92.4 Å². The van der Waals surface area contributed by atoms with Gasteiger partial charge in [-0.1, -0.05) is 104 Å². The van der Waals surface area contributed by atoms with E-state index in [0.29, 0.717) is 19.1 Å². The predicted molar refractivity (Wildman–Crippen MR) is 249 cm³/mol. The van der Waals surface area contributed by atoms with Crippen molar-refractivity contribution in [3.05, 3.63) is 0 Å². The molecule has 4 atom stereocenters. The first-order valence-corrected chi connectivity index (χ1v) is 42.6. The van der Waals surface area contributed by atoms with Crippen molar-refractivity contribution in [2.24, 2.45) is 0 Å². The van der Waals surface area contributed by atoms with E-state index >= 15 is 0 Å². The van der Waals surface area contributed by atoms with Crippen molar-refractivity contribution < 1.29 is 43.8 Å². The molecule has 0 saturated heterocycles. The van der Waals surface area contributed by atoms with Crippen LogP contribution in [0.25, 0.3) is 0 Å². The minimum Gasteiger partial charge on any atom is -0.437 e. The molecule has 0 fully saturated rings. The summed E-state index contributed by atoms with van der Waals surface area (Å²) in [4.78, 5) is 0. The van der Waals surface area contributed by atoms with Crippen molar-refractivity contribution in [2.75, 3.05) is 19.8 Å². The van der Waals surface area contributed by atoms with E-state index in [9.17, 15) is 10.2 Å². The summed E-state index contributed by atoms with van der Waals surface area (Å²) in [5.74, 6) is 0. The summed E-state index contributed by atoms with van der Waals surface area (Å²) in [5.41, 5.74) is 0. The van der Waals surface area contributed by atoms with Crippen LogP contribution in [0.2, 0.25) is 103 Å². The SMILES string of the molecule is CCCCCCCCCCCCCC[Si](C)(O[Si](C)(C)O[Si](C)(C)C)O[Si](C)(O[Si]O[Si](C)(C)CCCC)O[Si](C)(CCCOCC(O)CO)O[Si](C)(C)C. The molecule has 0 aliphatic carbocycles. The fraction of sp³-hybridized carbons (Fsp3) is 1.00. The van der Waals surface area contributed by atoms with Crippen molar-refractivity contribution in [1.29, 1.82) is 0 Å². The lowest BCUT2D eigenvalue weighted by atomic mass is 10.1. The van der Waals surface area contributed by atoms with Crippen LogP contribution < -0.4 is 0 Å². The Morgan fingerprint density at radius 2 is 0.945 bits per heavy atom. The molecule has 0 rings (SSSR count). The van der Waals surface area contributed by atoms with Crippen molar-refractivity contribution >= 4 is 69.4 Å². The van der Waals surface area contributed by atoms with Gasteiger partial charge in [-0.15, -0.1) is 0 Å². The van der Waals surface area contributed by atoms with Crippen LogP contribution in [0.1, 0.15) is 110 Å². The van der Waals surface area contributed by atoms with Crippen LogP contribution in [0.3, 0.4) is 0 Å². The van der Waals surface area contributed by atoms with Crippen LogP contribution in [-0.4, -0.2) is 106 Å². The lowest BCUT2D eigenvalue weighted by Crippen LogP contribution is -2.64. The minimum absolute atomic E-state index is 0.0962. The van der Waals surface area contributed by atoms with Gasteiger partial charge >= 0.3 is 44.5 Å². The quantitative estimate of drug-likeness (QED) is 0.0461. The van der Waals surface area contributed by atoms with Crippen molar-refractivity contribution in [2.45, 2.75) is 220 Å². The molecule has 330 valence electrons. The summed E-state index contributed by atoms with van der Waals surface area (Å²) >= 11 is 0. The van der Waals surface area contributed by atoms with Gasteiger partial charge in [0.1, 0.15) is 6.10 Å². The normalized spacial score (nSPS) is 17.2. The highest BCUT2D eigenvalue weighted by molar-refractivity contribution is 6.91. The highest BCUT2D eigenvalue weighted by Gasteiger charge is 2.53. The van der Waals surface area contributed by atoms with Gasteiger partial charge in [-0.2, -0.15) is 0 Å². The van der Waals surface area contributed by atoms with Crippen molar-refractivity contribution in [3.8, 4) is 0 Å². The van der Waals surface area contributed by atoms with E-state index in [1.165, 1.54) is 64.2 Å². The van der Waals surface area contributed by atoms with E-state index < -0.39 is 65.5 Å². The summed E-state index contributed by atoms with van der Waals surface area (Å²) in [6.07, 6.45) is 17.6. The van der Waals surface area contributed by atoms with Gasteiger partial charge < -0.3 is 43.8 Å². The zero-order valence-electron chi connectivity index (χ0n) is 38.6. The highest BCUT2D eigenvalue weighted by atomic mass is 28.5. The molecule has 18 heteroatoms. The number of rotatable bonds is 37. The molecule has 4 unspecified atom stereocenters. The zero-order valence-corrected chi connectivity index (χ0v) is 46.6. The number of ether oxygens (including phenoxy) is 1. The van der Waals surface area contributed by atoms with Crippen LogP contribution in [0.4, 0.5) is 0 Å². The van der Waals surface area contributed by atoms with Crippen LogP contribution in [0.15, 0.2) is 0 Å². The van der Waals surface area contributed by atoms with Gasteiger partial charge in [-0.25, -0.2) is 0 Å².